The van der Waals surface area contributed by atoms with Crippen LogP contribution in [0.3, 0.4) is 0 Å². The third-order valence-corrected chi connectivity index (χ3v) is 6.30. The number of hydrogen-bond acceptors (Lipinski definition) is 6. The summed E-state index contributed by atoms with van der Waals surface area (Å²) in [6.45, 7) is 15.3. The van der Waals surface area contributed by atoms with E-state index >= 15 is 0 Å². The second kappa shape index (κ2) is 11.3. The van der Waals surface area contributed by atoms with Crippen LogP contribution < -0.4 is 5.06 Å². The Kier molecular flexibility index (Phi) is 9.31. The number of hydrogen-bond donors (Lipinski definition) is 1. The fourth-order valence-electron chi connectivity index (χ4n) is 3.21. The van der Waals surface area contributed by atoms with E-state index in [2.05, 4.69) is 69.5 Å². The van der Waals surface area contributed by atoms with Gasteiger partial charge in [-0.25, -0.2) is 4.98 Å². The van der Waals surface area contributed by atoms with Gasteiger partial charge in [0, 0.05) is 5.75 Å². The Balaban J connectivity index is 2.14. The van der Waals surface area contributed by atoms with Crippen LogP contribution in [0.25, 0.3) is 0 Å². The highest BCUT2D eigenvalue weighted by Gasteiger charge is 2.23. The second-order valence-electron chi connectivity index (χ2n) is 10.3. The van der Waals surface area contributed by atoms with E-state index < -0.39 is 0 Å². The quantitative estimate of drug-likeness (QED) is 0.233. The average molecular weight is 445 g/mol. The van der Waals surface area contributed by atoms with E-state index in [1.54, 1.807) is 11.8 Å². The highest BCUT2D eigenvalue weighted by atomic mass is 32.2. The Morgan fingerprint density at radius 1 is 0.839 bits per heavy atom. The molecule has 2 aromatic rings. The molecule has 2 rings (SSSR count). The zero-order valence-electron chi connectivity index (χ0n) is 20.4. The van der Waals surface area contributed by atoms with E-state index in [9.17, 15) is 5.21 Å². The number of benzene rings is 1. The number of unbranched alkanes of at least 4 members (excludes halogenated alkanes) is 5. The zero-order valence-corrected chi connectivity index (χ0v) is 21.2. The van der Waals surface area contributed by atoms with E-state index in [4.69, 9.17) is 0 Å². The highest BCUT2D eigenvalue weighted by molar-refractivity contribution is 7.99. The Morgan fingerprint density at radius 2 is 1.42 bits per heavy atom. The minimum atomic E-state index is -0.0336. The molecular formula is C25H40N4OS. The van der Waals surface area contributed by atoms with Crippen LogP contribution >= 0.6 is 11.8 Å². The van der Waals surface area contributed by atoms with Crippen molar-refractivity contribution in [2.24, 2.45) is 0 Å². The van der Waals surface area contributed by atoms with Crippen LogP contribution in [0.4, 0.5) is 11.6 Å². The van der Waals surface area contributed by atoms with Crippen LogP contribution in [0.2, 0.25) is 0 Å². The first-order chi connectivity index (χ1) is 14.5. The van der Waals surface area contributed by atoms with Crippen LogP contribution in [0.15, 0.2) is 29.7 Å². The summed E-state index contributed by atoms with van der Waals surface area (Å²) in [7, 11) is 0. The molecule has 0 spiro atoms. The predicted molar refractivity (Wildman–Crippen MR) is 132 cm³/mol. The first kappa shape index (κ1) is 25.6. The smallest absolute Gasteiger partial charge is 0.258 e. The number of rotatable bonds is 10. The number of aromatic nitrogens is 3. The second-order valence-corrected chi connectivity index (χ2v) is 11.3. The van der Waals surface area contributed by atoms with Crippen molar-refractivity contribution in [3.63, 3.8) is 0 Å². The zero-order chi connectivity index (χ0) is 23.1. The number of nitrogens with zero attached hydrogens (tertiary/aromatic N) is 4. The van der Waals surface area contributed by atoms with Crippen LogP contribution in [0.1, 0.15) is 98.1 Å². The summed E-state index contributed by atoms with van der Waals surface area (Å²) < 4.78 is 0. The van der Waals surface area contributed by atoms with Crippen molar-refractivity contribution in [2.45, 2.75) is 103 Å². The SMILES string of the molecule is CCCCCCCCSc1ncnc(N(O)c2cc(C(C)(C)C)cc(C(C)(C)C)c2)n1. The Hall–Kier alpha value is -1.66. The topological polar surface area (TPSA) is 62.1 Å². The van der Waals surface area contributed by atoms with E-state index in [0.717, 1.165) is 17.2 Å². The van der Waals surface area contributed by atoms with E-state index in [-0.39, 0.29) is 16.8 Å². The van der Waals surface area contributed by atoms with Gasteiger partial charge in [0.2, 0.25) is 0 Å². The molecule has 0 fully saturated rings. The van der Waals surface area contributed by atoms with Crippen LogP contribution in [0.5, 0.6) is 0 Å². The summed E-state index contributed by atoms with van der Waals surface area (Å²) >= 11 is 1.63. The summed E-state index contributed by atoms with van der Waals surface area (Å²) in [4.78, 5) is 13.0. The van der Waals surface area contributed by atoms with Crippen molar-refractivity contribution in [1.29, 1.82) is 0 Å². The third kappa shape index (κ3) is 8.08. The lowest BCUT2D eigenvalue weighted by Crippen LogP contribution is -2.20. The van der Waals surface area contributed by atoms with Gasteiger partial charge in [-0.1, -0.05) is 98.4 Å². The lowest BCUT2D eigenvalue weighted by Gasteiger charge is -2.27. The maximum Gasteiger partial charge on any atom is 0.258 e. The normalized spacial score (nSPS) is 12.3. The van der Waals surface area contributed by atoms with Gasteiger partial charge in [0.05, 0.1) is 5.69 Å². The first-order valence-corrected chi connectivity index (χ1v) is 12.5. The average Bonchev–Trinajstić information content (AvgIpc) is 2.71. The van der Waals surface area contributed by atoms with Gasteiger partial charge in [-0.15, -0.1) is 0 Å². The van der Waals surface area contributed by atoms with Crippen LogP contribution in [0, 0.1) is 0 Å². The van der Waals surface area contributed by atoms with Crippen molar-refractivity contribution in [3.8, 4) is 0 Å². The standard InChI is InChI=1S/C25H40N4OS/c1-8-9-10-11-12-13-14-31-23-27-18-26-22(28-23)29(30)21-16-19(24(2,3)4)15-20(17-21)25(5,6)7/h15-18,30H,8-14H2,1-7H3. The minimum Gasteiger partial charge on any atom is -0.281 e. The van der Waals surface area contributed by atoms with Gasteiger partial charge in [-0.05, 0) is 40.5 Å². The largest absolute Gasteiger partial charge is 0.281 e. The van der Waals surface area contributed by atoms with E-state index in [0.29, 0.717) is 10.8 Å². The van der Waals surface area contributed by atoms with Crippen molar-refractivity contribution in [2.75, 3.05) is 10.8 Å². The molecule has 0 bridgehead atoms. The molecule has 0 atom stereocenters. The van der Waals surface area contributed by atoms with Gasteiger partial charge < -0.3 is 0 Å². The molecule has 1 N–H and O–H groups in total. The molecule has 1 aromatic heterocycles. The van der Waals surface area contributed by atoms with Crippen molar-refractivity contribution in [3.05, 3.63) is 35.7 Å². The lowest BCUT2D eigenvalue weighted by atomic mass is 9.80. The molecule has 172 valence electrons. The summed E-state index contributed by atoms with van der Waals surface area (Å²) in [5.74, 6) is 1.24. The van der Waals surface area contributed by atoms with Gasteiger partial charge in [-0.2, -0.15) is 15.0 Å². The molecule has 1 heterocycles. The van der Waals surface area contributed by atoms with Crippen molar-refractivity contribution >= 4 is 23.4 Å². The molecule has 0 amide bonds. The van der Waals surface area contributed by atoms with Crippen molar-refractivity contribution < 1.29 is 5.21 Å². The molecule has 6 heteroatoms. The molecule has 0 aliphatic heterocycles. The summed E-state index contributed by atoms with van der Waals surface area (Å²) in [5.41, 5.74) is 2.94. The van der Waals surface area contributed by atoms with E-state index in [1.165, 1.54) is 49.6 Å². The number of anilines is 2. The van der Waals surface area contributed by atoms with Gasteiger partial charge in [0.15, 0.2) is 5.16 Å². The molecule has 0 saturated heterocycles. The predicted octanol–water partition coefficient (Wildman–Crippen LogP) is 7.45. The van der Waals surface area contributed by atoms with Crippen molar-refractivity contribution in [1.82, 2.24) is 15.0 Å². The monoisotopic (exact) mass is 444 g/mol. The summed E-state index contributed by atoms with van der Waals surface area (Å²) in [6, 6.07) is 6.26. The summed E-state index contributed by atoms with van der Waals surface area (Å²) in [6.07, 6.45) is 9.09. The lowest BCUT2D eigenvalue weighted by molar-refractivity contribution is 0.292. The highest BCUT2D eigenvalue weighted by Crippen LogP contribution is 2.34. The van der Waals surface area contributed by atoms with Gasteiger partial charge >= 0.3 is 0 Å². The van der Waals surface area contributed by atoms with Gasteiger partial charge in [0.25, 0.3) is 5.95 Å². The molecule has 0 aliphatic rings. The Labute approximate surface area is 193 Å². The van der Waals surface area contributed by atoms with Gasteiger partial charge in [0.1, 0.15) is 6.33 Å². The molecular weight excluding hydrogens is 404 g/mol. The van der Waals surface area contributed by atoms with E-state index in [1.807, 2.05) is 12.1 Å². The maximum atomic E-state index is 11.0. The van der Waals surface area contributed by atoms with Crippen LogP contribution in [-0.2, 0) is 10.8 Å². The van der Waals surface area contributed by atoms with Gasteiger partial charge in [-0.3, -0.25) is 5.21 Å². The maximum absolute atomic E-state index is 11.0. The van der Waals surface area contributed by atoms with Crippen LogP contribution in [-0.4, -0.2) is 25.9 Å². The fraction of sp³-hybridized carbons (Fsp3) is 0.640. The molecule has 0 unspecified atom stereocenters. The Morgan fingerprint density at radius 3 is 2.00 bits per heavy atom. The molecule has 0 aliphatic carbocycles. The molecule has 31 heavy (non-hydrogen) atoms. The first-order valence-electron chi connectivity index (χ1n) is 11.5. The minimum absolute atomic E-state index is 0.0336. The third-order valence-electron chi connectivity index (χ3n) is 5.35. The Bertz CT molecular complexity index is 795. The molecule has 0 radical (unpaired) electrons. The molecule has 1 aromatic carbocycles. The fourth-order valence-corrected chi connectivity index (χ4v) is 4.00. The molecule has 0 saturated carbocycles. The molecule has 5 nitrogen and oxygen atoms in total. The summed E-state index contributed by atoms with van der Waals surface area (Å²) in [5, 5.41) is 12.7. The number of thioether (sulfide) groups is 1.